The molecule has 33 heavy (non-hydrogen) atoms. The van der Waals surface area contributed by atoms with E-state index in [2.05, 4.69) is 6.92 Å². The first-order valence-electron chi connectivity index (χ1n) is 11.9. The molecule has 0 saturated carbocycles. The van der Waals surface area contributed by atoms with Crippen molar-refractivity contribution in [1.82, 2.24) is 0 Å². The second-order valence-corrected chi connectivity index (χ2v) is 7.99. The first kappa shape index (κ1) is 29.6. The Kier molecular flexibility index (Phi) is 13.9. The van der Waals surface area contributed by atoms with Crippen LogP contribution in [0.15, 0.2) is 0 Å². The maximum absolute atomic E-state index is 13.7. The molecule has 192 valence electrons. The van der Waals surface area contributed by atoms with Crippen molar-refractivity contribution in [2.24, 2.45) is 5.92 Å². The van der Waals surface area contributed by atoms with Gasteiger partial charge in [0.2, 0.25) is 29.1 Å². The van der Waals surface area contributed by atoms with Gasteiger partial charge in [-0.05, 0) is 39.5 Å². The first-order valence-corrected chi connectivity index (χ1v) is 11.9. The van der Waals surface area contributed by atoms with E-state index in [-0.39, 0.29) is 32.2 Å². The molecule has 0 aliphatic carbocycles. The van der Waals surface area contributed by atoms with Crippen molar-refractivity contribution in [3.8, 4) is 5.75 Å². The molecule has 0 aliphatic rings. The number of hydrogen-bond donors (Lipinski definition) is 1. The monoisotopic (exact) mass is 484 g/mol. The van der Waals surface area contributed by atoms with Gasteiger partial charge in [0, 0.05) is 19.1 Å². The zero-order valence-corrected chi connectivity index (χ0v) is 19.8. The van der Waals surface area contributed by atoms with Gasteiger partial charge in [0.25, 0.3) is 5.97 Å². The fourth-order valence-corrected chi connectivity index (χ4v) is 3.75. The Bertz CT molecular complexity index is 667. The van der Waals surface area contributed by atoms with Crippen molar-refractivity contribution in [1.29, 1.82) is 0 Å². The number of benzene rings is 1. The lowest BCUT2D eigenvalue weighted by molar-refractivity contribution is -0.385. The van der Waals surface area contributed by atoms with E-state index in [1.165, 1.54) is 6.42 Å². The van der Waals surface area contributed by atoms with E-state index in [9.17, 15) is 27.1 Å². The maximum Gasteiger partial charge on any atom is 0.283 e. The quantitative estimate of drug-likeness (QED) is 0.0800. The van der Waals surface area contributed by atoms with Gasteiger partial charge in [-0.25, -0.2) is 13.2 Å². The van der Waals surface area contributed by atoms with Gasteiger partial charge in [0.15, 0.2) is 5.75 Å². The lowest BCUT2D eigenvalue weighted by atomic mass is 9.92. The summed E-state index contributed by atoms with van der Waals surface area (Å²) in [6, 6.07) is 0. The number of unbranched alkanes of at least 4 members (excludes halogenated alkanes) is 6. The molecule has 9 heteroatoms. The lowest BCUT2D eigenvalue weighted by Gasteiger charge is -2.35. The molecular formula is C24H37F5O4. The molecule has 1 aromatic rings. The second-order valence-electron chi connectivity index (χ2n) is 7.99. The van der Waals surface area contributed by atoms with Crippen molar-refractivity contribution in [3.05, 3.63) is 29.1 Å². The summed E-state index contributed by atoms with van der Waals surface area (Å²) in [7, 11) is 0. The number of hydrogen-bond acceptors (Lipinski definition) is 4. The Morgan fingerprint density at radius 3 is 1.64 bits per heavy atom. The number of ether oxygens (including phenoxy) is 3. The lowest BCUT2D eigenvalue weighted by Crippen LogP contribution is -2.44. The summed E-state index contributed by atoms with van der Waals surface area (Å²) in [5.74, 6) is -13.6. The normalized spacial score (nSPS) is 12.9. The molecule has 0 amide bonds. The Labute approximate surface area is 193 Å². The summed E-state index contributed by atoms with van der Waals surface area (Å²) in [5.41, 5.74) is 0. The maximum atomic E-state index is 13.7. The summed E-state index contributed by atoms with van der Waals surface area (Å²) in [5, 5.41) is 10.9. The molecule has 1 N–H and O–H groups in total. The summed E-state index contributed by atoms with van der Waals surface area (Å²) in [6.07, 6.45) is 8.42. The fraction of sp³-hybridized carbons (Fsp3) is 0.750. The van der Waals surface area contributed by atoms with E-state index in [0.29, 0.717) is 19.3 Å². The minimum absolute atomic E-state index is 0.246. The van der Waals surface area contributed by atoms with Crippen LogP contribution in [0, 0.1) is 35.0 Å². The molecule has 0 bridgehead atoms. The highest BCUT2D eigenvalue weighted by Crippen LogP contribution is 2.32. The third-order valence-electron chi connectivity index (χ3n) is 5.49. The van der Waals surface area contributed by atoms with Gasteiger partial charge >= 0.3 is 0 Å². The molecule has 0 spiro atoms. The molecule has 0 radical (unpaired) electrons. The van der Waals surface area contributed by atoms with Gasteiger partial charge in [-0.2, -0.15) is 8.78 Å². The van der Waals surface area contributed by atoms with Crippen LogP contribution in [0.2, 0.25) is 0 Å². The van der Waals surface area contributed by atoms with E-state index >= 15 is 0 Å². The molecule has 0 aliphatic heterocycles. The summed E-state index contributed by atoms with van der Waals surface area (Å²) in [4.78, 5) is 0. The van der Waals surface area contributed by atoms with Crippen molar-refractivity contribution in [2.75, 3.05) is 19.8 Å². The summed E-state index contributed by atoms with van der Waals surface area (Å²) < 4.78 is 83.0. The Morgan fingerprint density at radius 2 is 1.12 bits per heavy atom. The number of halogens is 5. The molecule has 4 nitrogen and oxygen atoms in total. The van der Waals surface area contributed by atoms with Crippen LogP contribution in [0.25, 0.3) is 0 Å². The highest BCUT2D eigenvalue weighted by molar-refractivity contribution is 5.29. The van der Waals surface area contributed by atoms with Crippen LogP contribution in [0.4, 0.5) is 22.0 Å². The smallest absolute Gasteiger partial charge is 0.283 e. The molecule has 0 aromatic heterocycles. The SMILES string of the molecule is CCCCCCCCC(CCCCOc1c(F)c(F)c(F)c(F)c1F)C(O)(OCC)OCC. The first-order chi connectivity index (χ1) is 15.7. The van der Waals surface area contributed by atoms with E-state index in [0.717, 1.165) is 32.1 Å². The average Bonchev–Trinajstić information content (AvgIpc) is 2.79. The highest BCUT2D eigenvalue weighted by Gasteiger charge is 2.38. The van der Waals surface area contributed by atoms with Crippen molar-refractivity contribution >= 4 is 0 Å². The standard InChI is InChI=1S/C24H37F5O4/c1-4-7-8-9-10-11-14-17(24(30,32-5-2)33-6-3)15-12-13-16-31-23-21(28)19(26)18(25)20(27)22(23)29/h17,30H,4-16H2,1-3H3. The van der Waals surface area contributed by atoms with E-state index in [1.807, 2.05) is 0 Å². The minimum Gasteiger partial charge on any atom is -0.487 e. The van der Waals surface area contributed by atoms with Gasteiger partial charge in [-0.1, -0.05) is 45.4 Å². The van der Waals surface area contributed by atoms with Crippen molar-refractivity contribution in [2.45, 2.75) is 91.0 Å². The van der Waals surface area contributed by atoms with Crippen molar-refractivity contribution < 1.29 is 41.3 Å². The highest BCUT2D eigenvalue weighted by atomic mass is 19.2. The molecule has 1 aromatic carbocycles. The number of rotatable bonds is 18. The Morgan fingerprint density at radius 1 is 0.667 bits per heavy atom. The largest absolute Gasteiger partial charge is 0.487 e. The minimum atomic E-state index is -2.22. The zero-order valence-electron chi connectivity index (χ0n) is 19.8. The van der Waals surface area contributed by atoms with E-state index < -0.39 is 40.8 Å². The molecule has 1 unspecified atom stereocenters. The molecule has 0 fully saturated rings. The Balaban J connectivity index is 2.66. The van der Waals surface area contributed by atoms with Crippen LogP contribution in [-0.2, 0) is 9.47 Å². The predicted molar refractivity (Wildman–Crippen MR) is 115 cm³/mol. The third kappa shape index (κ3) is 9.02. The van der Waals surface area contributed by atoms with Crippen LogP contribution in [-0.4, -0.2) is 30.9 Å². The second kappa shape index (κ2) is 15.5. The Hall–Kier alpha value is -1.45. The summed E-state index contributed by atoms with van der Waals surface area (Å²) >= 11 is 0. The van der Waals surface area contributed by atoms with Gasteiger partial charge in [-0.3, -0.25) is 0 Å². The van der Waals surface area contributed by atoms with Crippen LogP contribution < -0.4 is 4.74 Å². The van der Waals surface area contributed by atoms with Gasteiger partial charge in [0.1, 0.15) is 0 Å². The van der Waals surface area contributed by atoms with Crippen LogP contribution in [0.5, 0.6) is 5.75 Å². The van der Waals surface area contributed by atoms with Gasteiger partial charge < -0.3 is 19.3 Å². The van der Waals surface area contributed by atoms with E-state index in [1.54, 1.807) is 13.8 Å². The topological polar surface area (TPSA) is 47.9 Å². The van der Waals surface area contributed by atoms with E-state index in [4.69, 9.17) is 14.2 Å². The molecule has 0 saturated heterocycles. The average molecular weight is 485 g/mol. The molecule has 0 heterocycles. The third-order valence-corrected chi connectivity index (χ3v) is 5.49. The van der Waals surface area contributed by atoms with Crippen molar-refractivity contribution in [3.63, 3.8) is 0 Å². The molecule has 1 rings (SSSR count). The van der Waals surface area contributed by atoms with Gasteiger partial charge in [0.05, 0.1) is 6.61 Å². The molecular weight excluding hydrogens is 447 g/mol. The predicted octanol–water partition coefficient (Wildman–Crippen LogP) is 7.02. The van der Waals surface area contributed by atoms with Crippen LogP contribution in [0.3, 0.4) is 0 Å². The van der Waals surface area contributed by atoms with Crippen LogP contribution in [0.1, 0.15) is 85.0 Å². The molecule has 1 atom stereocenters. The van der Waals surface area contributed by atoms with Gasteiger partial charge in [-0.15, -0.1) is 0 Å². The zero-order chi connectivity index (χ0) is 24.9. The number of aliphatic hydroxyl groups is 1. The summed E-state index contributed by atoms with van der Waals surface area (Å²) in [6.45, 7) is 5.92. The fourth-order valence-electron chi connectivity index (χ4n) is 3.75. The van der Waals surface area contributed by atoms with Crippen LogP contribution >= 0.6 is 0 Å².